The highest BCUT2D eigenvalue weighted by molar-refractivity contribution is 5.81. The van der Waals surface area contributed by atoms with Gasteiger partial charge in [0, 0.05) is 13.7 Å². The van der Waals surface area contributed by atoms with E-state index in [1.54, 1.807) is 7.11 Å². The number of hydrogen-bond acceptors (Lipinski definition) is 3. The molecule has 3 N–H and O–H groups in total. The topological polar surface area (TPSA) is 64.3 Å². The summed E-state index contributed by atoms with van der Waals surface area (Å²) in [4.78, 5) is 11.9. The van der Waals surface area contributed by atoms with Crippen molar-refractivity contribution in [3.63, 3.8) is 0 Å². The van der Waals surface area contributed by atoms with E-state index >= 15 is 0 Å². The van der Waals surface area contributed by atoms with Gasteiger partial charge in [0.1, 0.15) is 0 Å². The van der Waals surface area contributed by atoms with Crippen LogP contribution >= 0.6 is 0 Å². The van der Waals surface area contributed by atoms with Gasteiger partial charge in [0.25, 0.3) is 0 Å². The molecule has 0 saturated carbocycles. The number of carbonyl (C=O) groups is 1. The number of nitrogens with one attached hydrogen (secondary N) is 1. The van der Waals surface area contributed by atoms with Gasteiger partial charge in [-0.1, -0.05) is 24.3 Å². The molecule has 2 unspecified atom stereocenters. The smallest absolute Gasteiger partial charge is 0.237 e. The fourth-order valence-corrected chi connectivity index (χ4v) is 1.85. The summed E-state index contributed by atoms with van der Waals surface area (Å²) < 4.78 is 4.91. The number of rotatable bonds is 6. The summed E-state index contributed by atoms with van der Waals surface area (Å²) in [6, 6.07) is 7.45. The molecule has 0 bridgehead atoms. The maximum absolute atomic E-state index is 11.9. The number of carbonyl (C=O) groups excluding carboxylic acids is 1. The van der Waals surface area contributed by atoms with Crippen LogP contribution in [-0.2, 0) is 9.53 Å². The Hall–Kier alpha value is -1.39. The lowest BCUT2D eigenvalue weighted by atomic mass is 10.0. The first kappa shape index (κ1) is 14.7. The molecule has 0 fully saturated rings. The van der Waals surface area contributed by atoms with Crippen molar-refractivity contribution >= 4 is 5.91 Å². The largest absolute Gasteiger partial charge is 0.385 e. The Balaban J connectivity index is 2.57. The third kappa shape index (κ3) is 4.13. The number of aryl methyl sites for hydroxylation is 1. The number of ether oxygens (including phenoxy) is 1. The van der Waals surface area contributed by atoms with Crippen LogP contribution < -0.4 is 11.1 Å². The zero-order chi connectivity index (χ0) is 13.5. The van der Waals surface area contributed by atoms with E-state index in [0.29, 0.717) is 13.0 Å². The molecule has 0 aliphatic heterocycles. The highest BCUT2D eigenvalue weighted by Crippen LogP contribution is 2.16. The summed E-state index contributed by atoms with van der Waals surface area (Å²) in [5.41, 5.74) is 8.05. The third-order valence-electron chi connectivity index (χ3n) is 2.98. The summed E-state index contributed by atoms with van der Waals surface area (Å²) in [5.74, 6) is -0.136. The standard InChI is InChI=1S/C14H22N2O2/c1-10-6-4-5-7-12(10)11(2)16-14(17)13(15)8-9-18-3/h4-7,11,13H,8-9,15H2,1-3H3,(H,16,17). The van der Waals surface area contributed by atoms with Crippen LogP contribution in [0.1, 0.15) is 30.5 Å². The van der Waals surface area contributed by atoms with Crippen LogP contribution in [0.15, 0.2) is 24.3 Å². The van der Waals surface area contributed by atoms with Crippen LogP contribution in [0.4, 0.5) is 0 Å². The lowest BCUT2D eigenvalue weighted by molar-refractivity contribution is -0.123. The van der Waals surface area contributed by atoms with Crippen molar-refractivity contribution in [3.8, 4) is 0 Å². The Bertz CT molecular complexity index is 393. The maximum atomic E-state index is 11.9. The first-order chi connectivity index (χ1) is 8.56. The van der Waals surface area contributed by atoms with E-state index in [4.69, 9.17) is 10.5 Å². The molecule has 0 aliphatic carbocycles. The first-order valence-corrected chi connectivity index (χ1v) is 6.16. The van der Waals surface area contributed by atoms with Crippen LogP contribution in [0.5, 0.6) is 0 Å². The first-order valence-electron chi connectivity index (χ1n) is 6.16. The van der Waals surface area contributed by atoms with Crippen molar-refractivity contribution in [1.82, 2.24) is 5.32 Å². The molecular formula is C14H22N2O2. The van der Waals surface area contributed by atoms with Gasteiger partial charge in [-0.25, -0.2) is 0 Å². The molecule has 1 aromatic rings. The van der Waals surface area contributed by atoms with Gasteiger partial charge < -0.3 is 15.8 Å². The Labute approximate surface area is 109 Å². The Morgan fingerprint density at radius 2 is 2.11 bits per heavy atom. The second kappa shape index (κ2) is 7.13. The van der Waals surface area contributed by atoms with Crippen LogP contribution in [0.2, 0.25) is 0 Å². The van der Waals surface area contributed by atoms with E-state index in [1.807, 2.05) is 38.1 Å². The number of methoxy groups -OCH3 is 1. The van der Waals surface area contributed by atoms with Gasteiger partial charge in [-0.3, -0.25) is 4.79 Å². The molecule has 1 rings (SSSR count). The van der Waals surface area contributed by atoms with E-state index in [-0.39, 0.29) is 11.9 Å². The highest BCUT2D eigenvalue weighted by atomic mass is 16.5. The van der Waals surface area contributed by atoms with Crippen molar-refractivity contribution in [2.45, 2.75) is 32.4 Å². The molecule has 4 heteroatoms. The predicted molar refractivity (Wildman–Crippen MR) is 72.2 cm³/mol. The monoisotopic (exact) mass is 250 g/mol. The van der Waals surface area contributed by atoms with Crippen molar-refractivity contribution in [2.75, 3.05) is 13.7 Å². The molecule has 0 saturated heterocycles. The fraction of sp³-hybridized carbons (Fsp3) is 0.500. The minimum Gasteiger partial charge on any atom is -0.385 e. The summed E-state index contributed by atoms with van der Waals surface area (Å²) in [5, 5.41) is 2.93. The number of nitrogens with two attached hydrogens (primary N) is 1. The Morgan fingerprint density at radius 3 is 2.72 bits per heavy atom. The van der Waals surface area contributed by atoms with E-state index < -0.39 is 6.04 Å². The van der Waals surface area contributed by atoms with Crippen molar-refractivity contribution in [1.29, 1.82) is 0 Å². The van der Waals surface area contributed by atoms with Crippen LogP contribution in [-0.4, -0.2) is 25.7 Å². The minimum atomic E-state index is -0.517. The minimum absolute atomic E-state index is 0.0349. The molecule has 0 radical (unpaired) electrons. The molecule has 0 aliphatic rings. The Kier molecular flexibility index (Phi) is 5.82. The van der Waals surface area contributed by atoms with Crippen molar-refractivity contribution in [2.24, 2.45) is 5.73 Å². The number of benzene rings is 1. The van der Waals surface area contributed by atoms with Gasteiger partial charge in [0.15, 0.2) is 0 Å². The Morgan fingerprint density at radius 1 is 1.44 bits per heavy atom. The normalized spacial score (nSPS) is 14.0. The quantitative estimate of drug-likeness (QED) is 0.805. The molecule has 1 aromatic carbocycles. The third-order valence-corrected chi connectivity index (χ3v) is 2.98. The summed E-state index contributed by atoms with van der Waals surface area (Å²) in [6.07, 6.45) is 0.531. The lowest BCUT2D eigenvalue weighted by Gasteiger charge is -2.19. The van der Waals surface area contributed by atoms with E-state index in [1.165, 1.54) is 0 Å². The van der Waals surface area contributed by atoms with Crippen LogP contribution in [0.25, 0.3) is 0 Å². The van der Waals surface area contributed by atoms with Crippen molar-refractivity contribution < 1.29 is 9.53 Å². The molecule has 2 atom stereocenters. The molecule has 1 amide bonds. The summed E-state index contributed by atoms with van der Waals surface area (Å²) >= 11 is 0. The van der Waals surface area contributed by atoms with E-state index in [2.05, 4.69) is 5.32 Å². The van der Waals surface area contributed by atoms with E-state index in [9.17, 15) is 4.79 Å². The zero-order valence-corrected chi connectivity index (χ0v) is 11.3. The zero-order valence-electron chi connectivity index (χ0n) is 11.3. The molecule has 18 heavy (non-hydrogen) atoms. The number of hydrogen-bond donors (Lipinski definition) is 2. The average molecular weight is 250 g/mol. The molecule has 100 valence electrons. The van der Waals surface area contributed by atoms with Gasteiger partial charge in [0.05, 0.1) is 12.1 Å². The molecule has 0 heterocycles. The van der Waals surface area contributed by atoms with Crippen LogP contribution in [0, 0.1) is 6.92 Å². The summed E-state index contributed by atoms with van der Waals surface area (Å²) in [6.45, 7) is 4.49. The SMILES string of the molecule is COCCC(N)C(=O)NC(C)c1ccccc1C. The average Bonchev–Trinajstić information content (AvgIpc) is 2.36. The second-order valence-electron chi connectivity index (χ2n) is 4.47. The molecule has 4 nitrogen and oxygen atoms in total. The maximum Gasteiger partial charge on any atom is 0.237 e. The fourth-order valence-electron chi connectivity index (χ4n) is 1.85. The molecule has 0 spiro atoms. The van der Waals surface area contributed by atoms with E-state index in [0.717, 1.165) is 11.1 Å². The number of amides is 1. The molecular weight excluding hydrogens is 228 g/mol. The van der Waals surface area contributed by atoms with Gasteiger partial charge in [-0.05, 0) is 31.4 Å². The predicted octanol–water partition coefficient (Wildman–Crippen LogP) is 1.54. The lowest BCUT2D eigenvalue weighted by Crippen LogP contribution is -2.42. The van der Waals surface area contributed by atoms with Crippen molar-refractivity contribution in [3.05, 3.63) is 35.4 Å². The summed E-state index contributed by atoms with van der Waals surface area (Å²) in [7, 11) is 1.60. The molecule has 0 aromatic heterocycles. The second-order valence-corrected chi connectivity index (χ2v) is 4.47. The van der Waals surface area contributed by atoms with Crippen LogP contribution in [0.3, 0.4) is 0 Å². The van der Waals surface area contributed by atoms with Gasteiger partial charge >= 0.3 is 0 Å². The van der Waals surface area contributed by atoms with Gasteiger partial charge in [0.2, 0.25) is 5.91 Å². The highest BCUT2D eigenvalue weighted by Gasteiger charge is 2.16. The van der Waals surface area contributed by atoms with Gasteiger partial charge in [-0.15, -0.1) is 0 Å². The van der Waals surface area contributed by atoms with Gasteiger partial charge in [-0.2, -0.15) is 0 Å².